The molecule has 2 aromatic rings. The van der Waals surface area contributed by atoms with Crippen LogP contribution in [0.25, 0.3) is 0 Å². The van der Waals surface area contributed by atoms with Crippen molar-refractivity contribution in [1.82, 2.24) is 0 Å². The Hall–Kier alpha value is -1.97. The third-order valence-corrected chi connectivity index (χ3v) is 2.14. The lowest BCUT2D eigenvalue weighted by Crippen LogP contribution is -2.06. The van der Waals surface area contributed by atoms with Gasteiger partial charge >= 0.3 is 0 Å². The number of hydrogen-bond donors (Lipinski definition) is 0. The predicted octanol–water partition coefficient (Wildman–Crippen LogP) is 2.98. The second-order valence-electron chi connectivity index (χ2n) is 3.30. The minimum Gasteiger partial charge on any atom is -0.469 e. The lowest BCUT2D eigenvalue weighted by molar-refractivity contribution is 0.0982. The summed E-state index contributed by atoms with van der Waals surface area (Å²) >= 11 is 0. The SMILES string of the molecule is O=C(Cc1ccco1)c1cc(F)ccc1F. The van der Waals surface area contributed by atoms with Crippen LogP contribution >= 0.6 is 0 Å². The molecule has 0 radical (unpaired) electrons. The van der Waals surface area contributed by atoms with Gasteiger partial charge in [-0.3, -0.25) is 4.79 Å². The summed E-state index contributed by atoms with van der Waals surface area (Å²) in [5.41, 5.74) is -0.253. The Bertz CT molecular complexity index is 504. The van der Waals surface area contributed by atoms with Crippen LogP contribution in [0.3, 0.4) is 0 Å². The number of Topliss-reactive ketones (excluding diaryl/α,β-unsaturated/α-hetero) is 1. The second-order valence-corrected chi connectivity index (χ2v) is 3.30. The maximum absolute atomic E-state index is 13.2. The minimum atomic E-state index is -0.724. The van der Waals surface area contributed by atoms with Gasteiger partial charge in [0.25, 0.3) is 0 Å². The summed E-state index contributed by atoms with van der Waals surface area (Å²) in [6, 6.07) is 6.03. The summed E-state index contributed by atoms with van der Waals surface area (Å²) in [6.07, 6.45) is 1.35. The van der Waals surface area contributed by atoms with Gasteiger partial charge < -0.3 is 4.42 Å². The lowest BCUT2D eigenvalue weighted by atomic mass is 10.1. The van der Waals surface area contributed by atoms with Gasteiger partial charge in [0.05, 0.1) is 18.2 Å². The van der Waals surface area contributed by atoms with Crippen molar-refractivity contribution in [2.75, 3.05) is 0 Å². The molecule has 4 heteroatoms. The molecule has 0 N–H and O–H groups in total. The van der Waals surface area contributed by atoms with E-state index in [0.717, 1.165) is 18.2 Å². The van der Waals surface area contributed by atoms with Crippen LogP contribution in [-0.4, -0.2) is 5.78 Å². The Labute approximate surface area is 90.5 Å². The number of carbonyl (C=O) groups excluding carboxylic acids is 1. The zero-order chi connectivity index (χ0) is 11.5. The molecule has 0 aliphatic heterocycles. The van der Waals surface area contributed by atoms with Gasteiger partial charge in [-0.15, -0.1) is 0 Å². The first-order valence-electron chi connectivity index (χ1n) is 4.67. The molecule has 0 unspecified atom stereocenters. The smallest absolute Gasteiger partial charge is 0.173 e. The number of halogens is 2. The third kappa shape index (κ3) is 2.16. The summed E-state index contributed by atoms with van der Waals surface area (Å²) in [6.45, 7) is 0. The molecule has 0 fully saturated rings. The summed E-state index contributed by atoms with van der Waals surface area (Å²) in [5.74, 6) is -1.44. The van der Waals surface area contributed by atoms with E-state index in [1.165, 1.54) is 6.26 Å². The predicted molar refractivity (Wildman–Crippen MR) is 53.1 cm³/mol. The average Bonchev–Trinajstić information content (AvgIpc) is 2.74. The number of furan rings is 1. The molecule has 82 valence electrons. The van der Waals surface area contributed by atoms with Crippen molar-refractivity contribution in [3.05, 3.63) is 59.6 Å². The highest BCUT2D eigenvalue weighted by atomic mass is 19.1. The van der Waals surface area contributed by atoms with Gasteiger partial charge in [0.15, 0.2) is 5.78 Å². The number of rotatable bonds is 3. The van der Waals surface area contributed by atoms with E-state index in [2.05, 4.69) is 0 Å². The average molecular weight is 222 g/mol. The van der Waals surface area contributed by atoms with Gasteiger partial charge in [0.1, 0.15) is 17.4 Å². The topological polar surface area (TPSA) is 30.2 Å². The fraction of sp³-hybridized carbons (Fsp3) is 0.0833. The van der Waals surface area contributed by atoms with Crippen LogP contribution in [0, 0.1) is 11.6 Å². The molecule has 16 heavy (non-hydrogen) atoms. The normalized spacial score (nSPS) is 10.4. The monoisotopic (exact) mass is 222 g/mol. The van der Waals surface area contributed by atoms with Crippen molar-refractivity contribution < 1.29 is 18.0 Å². The van der Waals surface area contributed by atoms with Crippen LogP contribution in [0.1, 0.15) is 16.1 Å². The van der Waals surface area contributed by atoms with E-state index in [1.807, 2.05) is 0 Å². The van der Waals surface area contributed by atoms with Crippen LogP contribution in [-0.2, 0) is 6.42 Å². The van der Waals surface area contributed by atoms with Gasteiger partial charge in [-0.05, 0) is 30.3 Å². The van der Waals surface area contributed by atoms with Gasteiger partial charge in [0.2, 0.25) is 0 Å². The van der Waals surface area contributed by atoms with Crippen LogP contribution in [0.15, 0.2) is 41.0 Å². The minimum absolute atomic E-state index is 0.0760. The zero-order valence-electron chi connectivity index (χ0n) is 8.24. The molecule has 0 saturated heterocycles. The fourth-order valence-electron chi connectivity index (χ4n) is 1.38. The van der Waals surface area contributed by atoms with Crippen molar-refractivity contribution >= 4 is 5.78 Å². The molecular weight excluding hydrogens is 214 g/mol. The largest absolute Gasteiger partial charge is 0.469 e. The molecule has 0 bridgehead atoms. The zero-order valence-corrected chi connectivity index (χ0v) is 8.24. The Morgan fingerprint density at radius 1 is 1.25 bits per heavy atom. The van der Waals surface area contributed by atoms with Crippen molar-refractivity contribution in [1.29, 1.82) is 0 Å². The standard InChI is InChI=1S/C12H8F2O2/c13-8-3-4-11(14)10(6-8)12(15)7-9-2-1-5-16-9/h1-6H,7H2. The lowest BCUT2D eigenvalue weighted by Gasteiger charge is -2.01. The molecule has 2 rings (SSSR count). The van der Waals surface area contributed by atoms with Gasteiger partial charge in [-0.2, -0.15) is 0 Å². The number of ketones is 1. The highest BCUT2D eigenvalue weighted by molar-refractivity contribution is 5.97. The van der Waals surface area contributed by atoms with Gasteiger partial charge in [0, 0.05) is 0 Å². The molecule has 2 nitrogen and oxygen atoms in total. The maximum Gasteiger partial charge on any atom is 0.173 e. The molecule has 0 atom stereocenters. The Kier molecular flexibility index (Phi) is 2.81. The first-order valence-corrected chi connectivity index (χ1v) is 4.67. The molecular formula is C12H8F2O2. The maximum atomic E-state index is 13.2. The molecule has 0 amide bonds. The first kappa shape index (κ1) is 10.5. The number of hydrogen-bond acceptors (Lipinski definition) is 2. The molecule has 0 aliphatic carbocycles. The second kappa shape index (κ2) is 4.26. The van der Waals surface area contributed by atoms with E-state index < -0.39 is 17.4 Å². The fourth-order valence-corrected chi connectivity index (χ4v) is 1.38. The van der Waals surface area contributed by atoms with E-state index in [-0.39, 0.29) is 12.0 Å². The molecule has 1 aromatic carbocycles. The van der Waals surface area contributed by atoms with E-state index in [1.54, 1.807) is 12.1 Å². The van der Waals surface area contributed by atoms with E-state index >= 15 is 0 Å². The van der Waals surface area contributed by atoms with Crippen LogP contribution in [0.2, 0.25) is 0 Å². The van der Waals surface area contributed by atoms with Gasteiger partial charge in [-0.25, -0.2) is 8.78 Å². The summed E-state index contributed by atoms with van der Waals surface area (Å²) in [5, 5.41) is 0. The molecule has 0 spiro atoms. The Morgan fingerprint density at radius 3 is 2.75 bits per heavy atom. The highest BCUT2D eigenvalue weighted by Crippen LogP contribution is 2.13. The quantitative estimate of drug-likeness (QED) is 0.747. The van der Waals surface area contributed by atoms with E-state index in [9.17, 15) is 13.6 Å². The first-order chi connectivity index (χ1) is 7.66. The molecule has 1 aromatic heterocycles. The van der Waals surface area contributed by atoms with Crippen LogP contribution < -0.4 is 0 Å². The molecule has 1 heterocycles. The summed E-state index contributed by atoms with van der Waals surface area (Å²) < 4.78 is 31.0. The van der Waals surface area contributed by atoms with Crippen molar-refractivity contribution in [3.63, 3.8) is 0 Å². The Balaban J connectivity index is 2.24. The highest BCUT2D eigenvalue weighted by Gasteiger charge is 2.14. The molecule has 0 aliphatic rings. The third-order valence-electron chi connectivity index (χ3n) is 2.14. The summed E-state index contributed by atoms with van der Waals surface area (Å²) in [4.78, 5) is 11.6. The van der Waals surface area contributed by atoms with E-state index in [4.69, 9.17) is 4.42 Å². The van der Waals surface area contributed by atoms with Crippen molar-refractivity contribution in [2.45, 2.75) is 6.42 Å². The molecule has 0 saturated carbocycles. The summed E-state index contributed by atoms with van der Waals surface area (Å²) in [7, 11) is 0. The number of benzene rings is 1. The van der Waals surface area contributed by atoms with Crippen molar-refractivity contribution in [2.24, 2.45) is 0 Å². The van der Waals surface area contributed by atoms with Gasteiger partial charge in [-0.1, -0.05) is 0 Å². The van der Waals surface area contributed by atoms with Crippen LogP contribution in [0.5, 0.6) is 0 Å². The number of carbonyl (C=O) groups is 1. The van der Waals surface area contributed by atoms with Crippen LogP contribution in [0.4, 0.5) is 8.78 Å². The van der Waals surface area contributed by atoms with E-state index in [0.29, 0.717) is 5.76 Å². The Morgan fingerprint density at radius 2 is 2.06 bits per heavy atom. The van der Waals surface area contributed by atoms with Crippen molar-refractivity contribution in [3.8, 4) is 0 Å².